The largest absolute Gasteiger partial charge is 0.506 e. The minimum atomic E-state index is -0.0667. The predicted octanol–water partition coefficient (Wildman–Crippen LogP) is 5.23. The third-order valence-electron chi connectivity index (χ3n) is 5.66. The van der Waals surface area contributed by atoms with Crippen LogP contribution in [-0.2, 0) is 0 Å². The lowest BCUT2D eigenvalue weighted by atomic mass is 9.96. The zero-order chi connectivity index (χ0) is 21.6. The maximum Gasteiger partial charge on any atom is 0.170 e. The normalized spacial score (nSPS) is 18.9. The van der Waals surface area contributed by atoms with Gasteiger partial charge in [-0.25, -0.2) is 0 Å². The van der Waals surface area contributed by atoms with Crippen molar-refractivity contribution in [3.05, 3.63) is 76.3 Å². The summed E-state index contributed by atoms with van der Waals surface area (Å²) in [7, 11) is 0. The number of nitrogens with one attached hydrogen (secondary N) is 1. The molecule has 1 fully saturated rings. The van der Waals surface area contributed by atoms with Gasteiger partial charge in [0, 0.05) is 28.6 Å². The number of nitrogens with zero attached hydrogens (tertiary/aromatic N) is 3. The Bertz CT molecular complexity index is 1100. The number of aryl methyl sites for hydroxylation is 1. The van der Waals surface area contributed by atoms with Crippen LogP contribution in [0.25, 0.3) is 5.69 Å². The second kappa shape index (κ2) is 7.93. The Morgan fingerprint density at radius 2 is 1.93 bits per heavy atom. The standard InChI is InChI=1S/C23H25ClN4OS/c1-13(2)27-22(21(26-23(27)30)18-7-5-6-10-25-18)17-11-14(3)28(15(17)4)19-12-16(24)8-9-20(19)29/h5-13,21-22,29H,1-4H3,(H,26,30)/t21-,22+/m1/s1. The molecule has 30 heavy (non-hydrogen) atoms. The fourth-order valence-electron chi connectivity index (χ4n) is 4.39. The highest BCUT2D eigenvalue weighted by Gasteiger charge is 2.42. The van der Waals surface area contributed by atoms with E-state index in [4.69, 9.17) is 23.8 Å². The van der Waals surface area contributed by atoms with Gasteiger partial charge in [-0.15, -0.1) is 0 Å². The highest BCUT2D eigenvalue weighted by Crippen LogP contribution is 2.43. The molecule has 0 bridgehead atoms. The van der Waals surface area contributed by atoms with E-state index in [1.165, 1.54) is 0 Å². The lowest BCUT2D eigenvalue weighted by Gasteiger charge is -2.31. The highest BCUT2D eigenvalue weighted by atomic mass is 35.5. The molecule has 0 radical (unpaired) electrons. The molecule has 2 atom stereocenters. The molecule has 0 spiro atoms. The van der Waals surface area contributed by atoms with Gasteiger partial charge in [0.05, 0.1) is 23.5 Å². The van der Waals surface area contributed by atoms with Crippen molar-refractivity contribution in [3.8, 4) is 11.4 Å². The molecule has 156 valence electrons. The second-order valence-corrected chi connectivity index (χ2v) is 8.75. The summed E-state index contributed by atoms with van der Waals surface area (Å²) in [6.45, 7) is 8.39. The van der Waals surface area contributed by atoms with Crippen LogP contribution in [0.4, 0.5) is 0 Å². The summed E-state index contributed by atoms with van der Waals surface area (Å²) in [6, 6.07) is 13.3. The maximum atomic E-state index is 10.5. The molecule has 7 heteroatoms. The topological polar surface area (TPSA) is 53.3 Å². The van der Waals surface area contributed by atoms with Crippen molar-refractivity contribution >= 4 is 28.9 Å². The monoisotopic (exact) mass is 440 g/mol. The van der Waals surface area contributed by atoms with Crippen LogP contribution in [0.5, 0.6) is 5.75 Å². The van der Waals surface area contributed by atoms with E-state index in [-0.39, 0.29) is 23.9 Å². The third kappa shape index (κ3) is 3.44. The molecule has 0 aliphatic carbocycles. The number of phenolic OH excluding ortho intramolecular Hbond substituents is 1. The molecule has 3 aromatic rings. The fraction of sp³-hybridized carbons (Fsp3) is 0.304. The van der Waals surface area contributed by atoms with Gasteiger partial charge < -0.3 is 19.9 Å². The van der Waals surface area contributed by atoms with Gasteiger partial charge in [-0.05, 0) is 81.9 Å². The minimum Gasteiger partial charge on any atom is -0.506 e. The molecule has 0 amide bonds. The molecule has 4 rings (SSSR count). The van der Waals surface area contributed by atoms with E-state index in [1.807, 2.05) is 35.9 Å². The molecule has 2 aromatic heterocycles. The zero-order valence-electron chi connectivity index (χ0n) is 17.4. The number of aromatic nitrogens is 2. The van der Waals surface area contributed by atoms with Crippen LogP contribution in [-0.4, -0.2) is 30.7 Å². The molecule has 1 aliphatic rings. The summed E-state index contributed by atoms with van der Waals surface area (Å²) in [5.41, 5.74) is 4.81. The lowest BCUT2D eigenvalue weighted by molar-refractivity contribution is 0.269. The fourth-order valence-corrected chi connectivity index (χ4v) is 5.01. The first-order chi connectivity index (χ1) is 14.3. The van der Waals surface area contributed by atoms with E-state index in [1.54, 1.807) is 18.2 Å². The van der Waals surface area contributed by atoms with Crippen molar-refractivity contribution in [3.63, 3.8) is 0 Å². The summed E-state index contributed by atoms with van der Waals surface area (Å²) >= 11 is 11.9. The molecule has 5 nitrogen and oxygen atoms in total. The van der Waals surface area contributed by atoms with Crippen molar-refractivity contribution in [2.45, 2.75) is 45.8 Å². The average molecular weight is 441 g/mol. The molecule has 1 aromatic carbocycles. The van der Waals surface area contributed by atoms with Crippen molar-refractivity contribution in [1.82, 2.24) is 19.8 Å². The number of halogens is 1. The third-order valence-corrected chi connectivity index (χ3v) is 6.22. The first-order valence-electron chi connectivity index (χ1n) is 9.97. The van der Waals surface area contributed by atoms with E-state index in [2.05, 4.69) is 42.0 Å². The van der Waals surface area contributed by atoms with E-state index in [0.717, 1.165) is 27.8 Å². The molecule has 0 saturated carbocycles. The van der Waals surface area contributed by atoms with Gasteiger partial charge in [-0.2, -0.15) is 0 Å². The Morgan fingerprint density at radius 3 is 2.60 bits per heavy atom. The first kappa shape index (κ1) is 20.7. The Kier molecular flexibility index (Phi) is 5.47. The molecule has 0 unspecified atom stereocenters. The number of aromatic hydroxyl groups is 1. The van der Waals surface area contributed by atoms with Gasteiger partial charge in [0.2, 0.25) is 0 Å². The second-order valence-electron chi connectivity index (χ2n) is 7.92. The SMILES string of the molecule is Cc1cc([C@H]2[C@@H](c3ccccn3)NC(=S)N2C(C)C)c(C)n1-c1cc(Cl)ccc1O. The molecule has 1 aliphatic heterocycles. The highest BCUT2D eigenvalue weighted by molar-refractivity contribution is 7.80. The van der Waals surface area contributed by atoms with Gasteiger partial charge in [-0.3, -0.25) is 4.98 Å². The van der Waals surface area contributed by atoms with Crippen molar-refractivity contribution in [1.29, 1.82) is 0 Å². The Morgan fingerprint density at radius 1 is 1.17 bits per heavy atom. The Labute approximate surface area is 187 Å². The first-order valence-corrected chi connectivity index (χ1v) is 10.8. The number of hydrogen-bond acceptors (Lipinski definition) is 3. The van der Waals surface area contributed by atoms with E-state index in [0.29, 0.717) is 10.7 Å². The molecular weight excluding hydrogens is 416 g/mol. The van der Waals surface area contributed by atoms with Crippen LogP contribution in [0, 0.1) is 13.8 Å². The molecule has 1 saturated heterocycles. The van der Waals surface area contributed by atoms with Crippen LogP contribution in [0.3, 0.4) is 0 Å². The Balaban J connectivity index is 1.88. The summed E-state index contributed by atoms with van der Waals surface area (Å²) in [4.78, 5) is 6.83. The average Bonchev–Trinajstić information content (AvgIpc) is 3.20. The summed E-state index contributed by atoms with van der Waals surface area (Å²) in [5, 5.41) is 15.3. The van der Waals surface area contributed by atoms with Crippen molar-refractivity contribution in [2.24, 2.45) is 0 Å². The molecule has 2 N–H and O–H groups in total. The van der Waals surface area contributed by atoms with E-state index >= 15 is 0 Å². The van der Waals surface area contributed by atoms with Crippen molar-refractivity contribution in [2.75, 3.05) is 0 Å². The van der Waals surface area contributed by atoms with Crippen LogP contribution in [0.15, 0.2) is 48.7 Å². The quantitative estimate of drug-likeness (QED) is 0.544. The summed E-state index contributed by atoms with van der Waals surface area (Å²) < 4.78 is 2.05. The number of hydrogen-bond donors (Lipinski definition) is 2. The van der Waals surface area contributed by atoms with E-state index < -0.39 is 0 Å². The number of pyridine rings is 1. The minimum absolute atomic E-state index is 0.0197. The number of thiocarbonyl (C=S) groups is 1. The maximum absolute atomic E-state index is 10.5. The van der Waals surface area contributed by atoms with Crippen molar-refractivity contribution < 1.29 is 5.11 Å². The van der Waals surface area contributed by atoms with E-state index in [9.17, 15) is 5.11 Å². The number of rotatable bonds is 4. The van der Waals surface area contributed by atoms with Gasteiger partial charge in [0.25, 0.3) is 0 Å². The smallest absolute Gasteiger partial charge is 0.170 e. The summed E-state index contributed by atoms with van der Waals surface area (Å²) in [6.07, 6.45) is 1.81. The number of benzene rings is 1. The predicted molar refractivity (Wildman–Crippen MR) is 124 cm³/mol. The number of phenols is 1. The van der Waals surface area contributed by atoms with Crippen LogP contribution < -0.4 is 5.32 Å². The lowest BCUT2D eigenvalue weighted by Crippen LogP contribution is -2.35. The van der Waals surface area contributed by atoms with Crippen LogP contribution in [0.2, 0.25) is 5.02 Å². The van der Waals surface area contributed by atoms with Gasteiger partial charge in [0.1, 0.15) is 5.75 Å². The molecule has 3 heterocycles. The van der Waals surface area contributed by atoms with Gasteiger partial charge in [-0.1, -0.05) is 17.7 Å². The van der Waals surface area contributed by atoms with Gasteiger partial charge in [0.15, 0.2) is 5.11 Å². The Hall–Kier alpha value is -2.57. The van der Waals surface area contributed by atoms with Crippen LogP contribution >= 0.6 is 23.8 Å². The zero-order valence-corrected chi connectivity index (χ0v) is 19.0. The van der Waals surface area contributed by atoms with Gasteiger partial charge >= 0.3 is 0 Å². The summed E-state index contributed by atoms with van der Waals surface area (Å²) in [5.74, 6) is 0.190. The molecular formula is C23H25ClN4OS. The van der Waals surface area contributed by atoms with Crippen LogP contribution in [0.1, 0.15) is 48.6 Å².